The fraction of sp³-hybridized carbons (Fsp3) is 0.300. The van der Waals surface area contributed by atoms with E-state index in [1.54, 1.807) is 0 Å². The lowest BCUT2D eigenvalue weighted by molar-refractivity contribution is -0.108. The van der Waals surface area contributed by atoms with Gasteiger partial charge in [-0.3, -0.25) is 0 Å². The first kappa shape index (κ1) is 8.94. The maximum Gasteiger partial charge on any atom is 0.128 e. The summed E-state index contributed by atoms with van der Waals surface area (Å²) in [5, 5.41) is 0. The summed E-state index contributed by atoms with van der Waals surface area (Å²) in [6.45, 7) is 2.40. The molecule has 1 aromatic carbocycles. The van der Waals surface area contributed by atoms with Crippen molar-refractivity contribution in [2.45, 2.75) is 12.8 Å². The molecule has 2 N–H and O–H groups in total. The monoisotopic (exact) mass is 163 g/mol. The first-order valence-electron chi connectivity index (χ1n) is 4.00. The summed E-state index contributed by atoms with van der Waals surface area (Å²) in [6.07, 6.45) is 0.894. The summed E-state index contributed by atoms with van der Waals surface area (Å²) in [6, 6.07) is 7.87. The van der Waals surface area contributed by atoms with E-state index in [2.05, 4.69) is 0 Å². The largest absolute Gasteiger partial charge is 0.329 e. The van der Waals surface area contributed by atoms with E-state index in [9.17, 15) is 4.79 Å². The smallest absolute Gasteiger partial charge is 0.128 e. The lowest BCUT2D eigenvalue weighted by Gasteiger charge is -2.06. The molecule has 0 heterocycles. The molecule has 64 valence electrons. The molecular weight excluding hydrogens is 150 g/mol. The number of aldehydes is 1. The topological polar surface area (TPSA) is 43.1 Å². The number of benzene rings is 1. The Hall–Kier alpha value is -1.15. The zero-order valence-corrected chi connectivity index (χ0v) is 7.16. The van der Waals surface area contributed by atoms with Gasteiger partial charge in [-0.05, 0) is 12.5 Å². The van der Waals surface area contributed by atoms with Crippen molar-refractivity contribution in [1.82, 2.24) is 0 Å². The second-order valence-corrected chi connectivity index (χ2v) is 2.89. The summed E-state index contributed by atoms with van der Waals surface area (Å²) >= 11 is 0. The minimum atomic E-state index is -0.148. The third kappa shape index (κ3) is 1.92. The average molecular weight is 163 g/mol. The van der Waals surface area contributed by atoms with Crippen LogP contribution in [-0.4, -0.2) is 12.8 Å². The highest BCUT2D eigenvalue weighted by atomic mass is 16.1. The number of carbonyl (C=O) groups is 1. The van der Waals surface area contributed by atoms with Crippen LogP contribution in [0.25, 0.3) is 0 Å². The van der Waals surface area contributed by atoms with Crippen LogP contribution in [0, 0.1) is 6.92 Å². The highest BCUT2D eigenvalue weighted by molar-refractivity contribution is 5.62. The summed E-state index contributed by atoms with van der Waals surface area (Å²) in [5.74, 6) is -0.148. The third-order valence-corrected chi connectivity index (χ3v) is 1.92. The molecule has 0 bridgehead atoms. The predicted octanol–water partition coefficient (Wildman–Crippen LogP) is 1.24. The second kappa shape index (κ2) is 4.02. The molecule has 0 amide bonds. The van der Waals surface area contributed by atoms with Crippen molar-refractivity contribution in [3.8, 4) is 0 Å². The fourth-order valence-electron chi connectivity index (χ4n) is 1.08. The van der Waals surface area contributed by atoms with Crippen LogP contribution in [0.5, 0.6) is 0 Å². The van der Waals surface area contributed by atoms with Crippen LogP contribution < -0.4 is 5.73 Å². The Balaban J connectivity index is 2.87. The SMILES string of the molecule is Cc1ccc(C(C=O)CN)cc1. The van der Waals surface area contributed by atoms with E-state index >= 15 is 0 Å². The van der Waals surface area contributed by atoms with Gasteiger partial charge in [-0.2, -0.15) is 0 Å². The normalized spacial score (nSPS) is 12.5. The molecule has 1 atom stereocenters. The van der Waals surface area contributed by atoms with E-state index in [0.717, 1.165) is 11.8 Å². The minimum Gasteiger partial charge on any atom is -0.329 e. The van der Waals surface area contributed by atoms with E-state index in [4.69, 9.17) is 5.73 Å². The van der Waals surface area contributed by atoms with Gasteiger partial charge < -0.3 is 10.5 Å². The average Bonchev–Trinajstić information content (AvgIpc) is 2.10. The molecule has 2 heteroatoms. The van der Waals surface area contributed by atoms with Crippen LogP contribution in [0.2, 0.25) is 0 Å². The Kier molecular flexibility index (Phi) is 3.00. The maximum absolute atomic E-state index is 10.5. The summed E-state index contributed by atoms with van der Waals surface area (Å²) in [4.78, 5) is 10.5. The number of rotatable bonds is 3. The van der Waals surface area contributed by atoms with Crippen LogP contribution in [0.3, 0.4) is 0 Å². The number of carbonyl (C=O) groups excluding carboxylic acids is 1. The fourth-order valence-corrected chi connectivity index (χ4v) is 1.08. The molecule has 0 fully saturated rings. The first-order chi connectivity index (χ1) is 5.77. The Bertz CT molecular complexity index is 253. The molecule has 0 spiro atoms. The van der Waals surface area contributed by atoms with Gasteiger partial charge in [0.2, 0.25) is 0 Å². The van der Waals surface area contributed by atoms with Crippen molar-refractivity contribution in [2.75, 3.05) is 6.54 Å². The third-order valence-electron chi connectivity index (χ3n) is 1.92. The van der Waals surface area contributed by atoms with Crippen LogP contribution in [0.15, 0.2) is 24.3 Å². The number of hydrogen-bond donors (Lipinski definition) is 1. The number of nitrogens with two attached hydrogens (primary N) is 1. The highest BCUT2D eigenvalue weighted by Crippen LogP contribution is 2.12. The van der Waals surface area contributed by atoms with Crippen LogP contribution in [0.4, 0.5) is 0 Å². The van der Waals surface area contributed by atoms with Crippen LogP contribution in [0.1, 0.15) is 17.0 Å². The van der Waals surface area contributed by atoms with Crippen molar-refractivity contribution in [3.63, 3.8) is 0 Å². The van der Waals surface area contributed by atoms with Crippen molar-refractivity contribution in [3.05, 3.63) is 35.4 Å². The van der Waals surface area contributed by atoms with Crippen molar-refractivity contribution < 1.29 is 4.79 Å². The maximum atomic E-state index is 10.5. The predicted molar refractivity (Wildman–Crippen MR) is 49.0 cm³/mol. The van der Waals surface area contributed by atoms with E-state index < -0.39 is 0 Å². The number of aryl methyl sites for hydroxylation is 1. The van der Waals surface area contributed by atoms with Gasteiger partial charge in [0.05, 0.1) is 5.92 Å². The van der Waals surface area contributed by atoms with Gasteiger partial charge in [0, 0.05) is 6.54 Å². The van der Waals surface area contributed by atoms with E-state index in [0.29, 0.717) is 6.54 Å². The molecule has 0 radical (unpaired) electrons. The van der Waals surface area contributed by atoms with Crippen LogP contribution in [-0.2, 0) is 4.79 Å². The van der Waals surface area contributed by atoms with Crippen LogP contribution >= 0.6 is 0 Å². The molecule has 0 aromatic heterocycles. The minimum absolute atomic E-state index is 0.148. The van der Waals surface area contributed by atoms with Gasteiger partial charge in [0.1, 0.15) is 6.29 Å². The Morgan fingerprint density at radius 2 is 2.00 bits per heavy atom. The Morgan fingerprint density at radius 3 is 2.42 bits per heavy atom. The van der Waals surface area contributed by atoms with E-state index in [1.165, 1.54) is 5.56 Å². The lowest BCUT2D eigenvalue weighted by Crippen LogP contribution is -2.13. The molecule has 2 nitrogen and oxygen atoms in total. The molecule has 1 aromatic rings. The zero-order valence-electron chi connectivity index (χ0n) is 7.16. The molecule has 0 aliphatic rings. The Morgan fingerprint density at radius 1 is 1.42 bits per heavy atom. The number of hydrogen-bond acceptors (Lipinski definition) is 2. The molecule has 0 saturated heterocycles. The van der Waals surface area contributed by atoms with Crippen molar-refractivity contribution in [2.24, 2.45) is 5.73 Å². The molecular formula is C10H13NO. The van der Waals surface area contributed by atoms with Crippen molar-refractivity contribution >= 4 is 6.29 Å². The van der Waals surface area contributed by atoms with Gasteiger partial charge in [0.25, 0.3) is 0 Å². The van der Waals surface area contributed by atoms with Crippen molar-refractivity contribution in [1.29, 1.82) is 0 Å². The van der Waals surface area contributed by atoms with Gasteiger partial charge in [-0.25, -0.2) is 0 Å². The molecule has 0 aliphatic heterocycles. The highest BCUT2D eigenvalue weighted by Gasteiger charge is 2.06. The molecule has 0 aliphatic carbocycles. The van der Waals surface area contributed by atoms with E-state index in [-0.39, 0.29) is 5.92 Å². The lowest BCUT2D eigenvalue weighted by atomic mass is 10.00. The quantitative estimate of drug-likeness (QED) is 0.681. The van der Waals surface area contributed by atoms with Gasteiger partial charge in [-0.1, -0.05) is 29.8 Å². The zero-order chi connectivity index (χ0) is 8.97. The Labute approximate surface area is 72.4 Å². The van der Waals surface area contributed by atoms with Gasteiger partial charge in [-0.15, -0.1) is 0 Å². The second-order valence-electron chi connectivity index (χ2n) is 2.89. The first-order valence-corrected chi connectivity index (χ1v) is 4.00. The summed E-state index contributed by atoms with van der Waals surface area (Å²) < 4.78 is 0. The van der Waals surface area contributed by atoms with Gasteiger partial charge >= 0.3 is 0 Å². The summed E-state index contributed by atoms with van der Waals surface area (Å²) in [5.41, 5.74) is 7.62. The molecule has 1 unspecified atom stereocenters. The van der Waals surface area contributed by atoms with Gasteiger partial charge in [0.15, 0.2) is 0 Å². The summed E-state index contributed by atoms with van der Waals surface area (Å²) in [7, 11) is 0. The molecule has 0 saturated carbocycles. The molecule has 12 heavy (non-hydrogen) atoms. The molecule has 1 rings (SSSR count). The van der Waals surface area contributed by atoms with E-state index in [1.807, 2.05) is 31.2 Å². The standard InChI is InChI=1S/C10H13NO/c1-8-2-4-9(5-3-8)10(6-11)7-12/h2-5,7,10H,6,11H2,1H3.